The number of nitrogens with one attached hydrogen (secondary N) is 1. The second-order valence-corrected chi connectivity index (χ2v) is 6.33. The van der Waals surface area contributed by atoms with Gasteiger partial charge in [0.2, 0.25) is 5.95 Å². The third kappa shape index (κ3) is 4.16. The van der Waals surface area contributed by atoms with Gasteiger partial charge >= 0.3 is 5.97 Å². The van der Waals surface area contributed by atoms with Gasteiger partial charge in [0.1, 0.15) is 5.15 Å². The number of hydrogen-bond acceptors (Lipinski definition) is 6. The number of hydrazine groups is 1. The van der Waals surface area contributed by atoms with E-state index in [0.717, 1.165) is 16.7 Å². The van der Waals surface area contributed by atoms with Gasteiger partial charge < -0.3 is 5.11 Å². The Labute approximate surface area is 160 Å². The highest BCUT2D eigenvalue weighted by molar-refractivity contribution is 6.29. The number of aryl methyl sites for hydroxylation is 2. The average molecular weight is 385 g/mol. The van der Waals surface area contributed by atoms with E-state index in [1.165, 1.54) is 24.3 Å². The summed E-state index contributed by atoms with van der Waals surface area (Å²) in [4.78, 5) is 19.6. The van der Waals surface area contributed by atoms with Crippen molar-refractivity contribution in [3.63, 3.8) is 0 Å². The lowest BCUT2D eigenvalue weighted by Crippen LogP contribution is -2.27. The number of carboxylic acids is 1. The highest BCUT2D eigenvalue weighted by Gasteiger charge is 2.13. The fraction of sp³-hybridized carbons (Fsp3) is 0.105. The highest BCUT2D eigenvalue weighted by atomic mass is 35.5. The summed E-state index contributed by atoms with van der Waals surface area (Å²) >= 11 is 6.13. The van der Waals surface area contributed by atoms with Crippen molar-refractivity contribution in [1.29, 1.82) is 0 Å². The van der Waals surface area contributed by atoms with Crippen molar-refractivity contribution in [2.24, 2.45) is 0 Å². The molecular formula is C19H17ClN4O3. The Morgan fingerprint density at radius 1 is 1.07 bits per heavy atom. The summed E-state index contributed by atoms with van der Waals surface area (Å²) in [5.41, 5.74) is 6.47. The van der Waals surface area contributed by atoms with Crippen LogP contribution in [0.15, 0.2) is 48.5 Å². The maximum Gasteiger partial charge on any atom is 0.335 e. The van der Waals surface area contributed by atoms with E-state index < -0.39 is 5.97 Å². The first kappa shape index (κ1) is 18.6. The standard InChI is InChI=1S/C19H17ClN4O3/c1-11-5-3-6-12(2)17(11)15-10-16(20)22-19(21-15)23-24(27)14-8-4-7-13(9-14)18(25)26/h3-10,27H,1-2H3,(H,25,26)(H,21,22,23). The highest BCUT2D eigenvalue weighted by Crippen LogP contribution is 2.28. The summed E-state index contributed by atoms with van der Waals surface area (Å²) in [6.07, 6.45) is 0. The van der Waals surface area contributed by atoms with E-state index in [-0.39, 0.29) is 22.4 Å². The molecule has 3 N–H and O–H groups in total. The van der Waals surface area contributed by atoms with Crippen LogP contribution in [-0.2, 0) is 0 Å². The van der Waals surface area contributed by atoms with Gasteiger partial charge in [0, 0.05) is 11.6 Å². The second kappa shape index (κ2) is 7.61. The van der Waals surface area contributed by atoms with Crippen LogP contribution in [0.3, 0.4) is 0 Å². The number of aromatic carboxylic acids is 1. The number of aromatic nitrogens is 2. The largest absolute Gasteiger partial charge is 0.478 e. The van der Waals surface area contributed by atoms with Crippen molar-refractivity contribution >= 4 is 29.2 Å². The molecule has 27 heavy (non-hydrogen) atoms. The number of benzene rings is 2. The molecular weight excluding hydrogens is 368 g/mol. The Bertz CT molecular complexity index is 990. The third-order valence-electron chi connectivity index (χ3n) is 3.98. The van der Waals surface area contributed by atoms with Crippen LogP contribution in [0, 0.1) is 13.8 Å². The molecule has 1 aromatic heterocycles. The van der Waals surface area contributed by atoms with Crippen LogP contribution in [0.25, 0.3) is 11.3 Å². The molecule has 0 saturated carbocycles. The van der Waals surface area contributed by atoms with Gasteiger partial charge in [-0.1, -0.05) is 35.9 Å². The van der Waals surface area contributed by atoms with Crippen molar-refractivity contribution in [2.75, 3.05) is 10.6 Å². The molecule has 3 aromatic rings. The minimum atomic E-state index is -1.10. The van der Waals surface area contributed by atoms with Gasteiger partial charge in [-0.3, -0.25) is 5.21 Å². The van der Waals surface area contributed by atoms with Gasteiger partial charge in [0.25, 0.3) is 0 Å². The van der Waals surface area contributed by atoms with E-state index in [1.807, 2.05) is 32.0 Å². The molecule has 0 radical (unpaired) electrons. The van der Waals surface area contributed by atoms with Crippen LogP contribution in [0.2, 0.25) is 5.15 Å². The molecule has 8 heteroatoms. The number of carboxylic acid groups (broad SMARTS) is 1. The van der Waals surface area contributed by atoms with Gasteiger partial charge in [-0.15, -0.1) is 0 Å². The fourth-order valence-electron chi connectivity index (χ4n) is 2.74. The molecule has 3 rings (SSSR count). The molecule has 0 aliphatic rings. The lowest BCUT2D eigenvalue weighted by Gasteiger charge is -2.19. The quantitative estimate of drug-likeness (QED) is 0.444. The molecule has 2 aromatic carbocycles. The van der Waals surface area contributed by atoms with Crippen molar-refractivity contribution in [1.82, 2.24) is 9.97 Å². The normalized spacial score (nSPS) is 10.5. The van der Waals surface area contributed by atoms with E-state index >= 15 is 0 Å². The number of halogens is 1. The van der Waals surface area contributed by atoms with Crippen molar-refractivity contribution in [3.05, 3.63) is 70.4 Å². The smallest absolute Gasteiger partial charge is 0.335 e. The first-order valence-electron chi connectivity index (χ1n) is 8.05. The van der Waals surface area contributed by atoms with E-state index in [4.69, 9.17) is 16.7 Å². The lowest BCUT2D eigenvalue weighted by molar-refractivity contribution is 0.0697. The molecule has 0 unspecified atom stereocenters. The van der Waals surface area contributed by atoms with E-state index in [1.54, 1.807) is 6.07 Å². The van der Waals surface area contributed by atoms with Crippen LogP contribution in [0.4, 0.5) is 11.6 Å². The molecule has 7 nitrogen and oxygen atoms in total. The maximum absolute atomic E-state index is 11.1. The summed E-state index contributed by atoms with van der Waals surface area (Å²) in [5.74, 6) is -1.02. The summed E-state index contributed by atoms with van der Waals surface area (Å²) in [6, 6.07) is 13.3. The Morgan fingerprint density at radius 3 is 2.41 bits per heavy atom. The number of carbonyl (C=O) groups is 1. The molecule has 0 bridgehead atoms. The molecule has 0 amide bonds. The Hall–Kier alpha value is -3.16. The van der Waals surface area contributed by atoms with Crippen molar-refractivity contribution in [2.45, 2.75) is 13.8 Å². The molecule has 0 saturated heterocycles. The van der Waals surface area contributed by atoms with Gasteiger partial charge in [-0.25, -0.2) is 15.2 Å². The Balaban J connectivity index is 1.93. The summed E-state index contributed by atoms with van der Waals surface area (Å²) < 4.78 is 0. The minimum Gasteiger partial charge on any atom is -0.478 e. The zero-order chi connectivity index (χ0) is 19.6. The van der Waals surface area contributed by atoms with Crippen LogP contribution < -0.4 is 10.6 Å². The van der Waals surface area contributed by atoms with Crippen LogP contribution in [0.5, 0.6) is 0 Å². The van der Waals surface area contributed by atoms with Gasteiger partial charge in [-0.05, 0) is 43.2 Å². The third-order valence-corrected chi connectivity index (χ3v) is 4.17. The zero-order valence-corrected chi connectivity index (χ0v) is 15.4. The van der Waals surface area contributed by atoms with E-state index in [9.17, 15) is 10.0 Å². The fourth-order valence-corrected chi connectivity index (χ4v) is 2.93. The number of nitrogens with zero attached hydrogens (tertiary/aromatic N) is 3. The van der Waals surface area contributed by atoms with E-state index in [0.29, 0.717) is 10.9 Å². The first-order chi connectivity index (χ1) is 12.8. The predicted molar refractivity (Wildman–Crippen MR) is 103 cm³/mol. The predicted octanol–water partition coefficient (Wildman–Crippen LogP) is 4.33. The maximum atomic E-state index is 11.1. The zero-order valence-electron chi connectivity index (χ0n) is 14.6. The Kier molecular flexibility index (Phi) is 5.25. The SMILES string of the molecule is Cc1cccc(C)c1-c1cc(Cl)nc(NN(O)c2cccc(C(=O)O)c2)n1. The monoisotopic (exact) mass is 384 g/mol. The number of rotatable bonds is 5. The van der Waals surface area contributed by atoms with Gasteiger partial charge in [0.05, 0.1) is 16.9 Å². The van der Waals surface area contributed by atoms with Crippen molar-refractivity contribution < 1.29 is 15.1 Å². The second-order valence-electron chi connectivity index (χ2n) is 5.95. The lowest BCUT2D eigenvalue weighted by atomic mass is 10.00. The van der Waals surface area contributed by atoms with Crippen LogP contribution in [0.1, 0.15) is 21.5 Å². The average Bonchev–Trinajstić information content (AvgIpc) is 2.61. The molecule has 0 aliphatic carbocycles. The first-order valence-corrected chi connectivity index (χ1v) is 8.43. The van der Waals surface area contributed by atoms with Crippen LogP contribution >= 0.6 is 11.6 Å². The van der Waals surface area contributed by atoms with Gasteiger partial charge in [-0.2, -0.15) is 10.2 Å². The Morgan fingerprint density at radius 2 is 1.74 bits per heavy atom. The number of anilines is 2. The van der Waals surface area contributed by atoms with Crippen molar-refractivity contribution in [3.8, 4) is 11.3 Å². The topological polar surface area (TPSA) is 98.6 Å². The molecule has 0 aliphatic heterocycles. The summed E-state index contributed by atoms with van der Waals surface area (Å²) in [6.45, 7) is 3.95. The van der Waals surface area contributed by atoms with Gasteiger partial charge in [0.15, 0.2) is 0 Å². The van der Waals surface area contributed by atoms with E-state index in [2.05, 4.69) is 15.4 Å². The summed E-state index contributed by atoms with van der Waals surface area (Å²) in [7, 11) is 0. The molecule has 0 fully saturated rings. The molecule has 0 spiro atoms. The number of hydrogen-bond donors (Lipinski definition) is 3. The summed E-state index contributed by atoms with van der Waals surface area (Å²) in [5, 5.41) is 20.2. The van der Waals surface area contributed by atoms with Crippen LogP contribution in [-0.4, -0.2) is 26.3 Å². The molecule has 1 heterocycles. The molecule has 0 atom stereocenters. The molecule has 138 valence electrons. The minimum absolute atomic E-state index is 0.0385.